The lowest BCUT2D eigenvalue weighted by Crippen LogP contribution is -2.24. The van der Waals surface area contributed by atoms with E-state index in [0.29, 0.717) is 0 Å². The number of aromatic amines is 1. The van der Waals surface area contributed by atoms with Gasteiger partial charge in [0.15, 0.2) is 0 Å². The average molecular weight is 251 g/mol. The first-order chi connectivity index (χ1) is 8.45. The summed E-state index contributed by atoms with van der Waals surface area (Å²) in [6.45, 7) is 3.09. The molecule has 18 heavy (non-hydrogen) atoms. The van der Waals surface area contributed by atoms with Gasteiger partial charge >= 0.3 is 0 Å². The van der Waals surface area contributed by atoms with E-state index in [4.69, 9.17) is 5.73 Å². The highest BCUT2D eigenvalue weighted by Gasteiger charge is 2.29. The standard InChI is InChI=1S/C13H15F2N3/c1-8-12(9(2)18-17-8)10-3-5-11(6-4-10)13(14,15)7-16/h3-6H,7,16H2,1-2H3,(H,17,18). The zero-order chi connectivity index (χ0) is 13.3. The molecule has 0 aliphatic heterocycles. The number of rotatable bonds is 3. The van der Waals surface area contributed by atoms with Gasteiger partial charge in [0.25, 0.3) is 5.92 Å². The number of aromatic nitrogens is 2. The van der Waals surface area contributed by atoms with E-state index in [9.17, 15) is 8.78 Å². The second kappa shape index (κ2) is 4.49. The SMILES string of the molecule is Cc1n[nH]c(C)c1-c1ccc(C(F)(F)CN)cc1. The molecular weight excluding hydrogens is 236 g/mol. The lowest BCUT2D eigenvalue weighted by molar-refractivity contribution is 0.00597. The van der Waals surface area contributed by atoms with Crippen LogP contribution in [0.4, 0.5) is 8.78 Å². The monoisotopic (exact) mass is 251 g/mol. The Labute approximate surface area is 104 Å². The molecule has 1 aromatic heterocycles. The number of hydrogen-bond donors (Lipinski definition) is 2. The highest BCUT2D eigenvalue weighted by atomic mass is 19.3. The van der Waals surface area contributed by atoms with E-state index in [2.05, 4.69) is 10.2 Å². The highest BCUT2D eigenvalue weighted by Crippen LogP contribution is 2.30. The molecular formula is C13H15F2N3. The van der Waals surface area contributed by atoms with Crippen molar-refractivity contribution in [3.8, 4) is 11.1 Å². The van der Waals surface area contributed by atoms with Gasteiger partial charge in [-0.25, -0.2) is 0 Å². The minimum Gasteiger partial charge on any atom is -0.325 e. The predicted octanol–water partition coefficient (Wildman–Crippen LogP) is 2.74. The second-order valence-electron chi connectivity index (χ2n) is 4.29. The summed E-state index contributed by atoms with van der Waals surface area (Å²) in [5.41, 5.74) is 8.59. The van der Waals surface area contributed by atoms with E-state index in [-0.39, 0.29) is 5.56 Å². The fourth-order valence-electron chi connectivity index (χ4n) is 1.97. The fraction of sp³-hybridized carbons (Fsp3) is 0.308. The van der Waals surface area contributed by atoms with Gasteiger partial charge in [-0.2, -0.15) is 13.9 Å². The first-order valence-electron chi connectivity index (χ1n) is 5.66. The normalized spacial score (nSPS) is 11.8. The summed E-state index contributed by atoms with van der Waals surface area (Å²) in [6.07, 6.45) is 0. The van der Waals surface area contributed by atoms with Crippen LogP contribution in [0.5, 0.6) is 0 Å². The molecule has 0 fully saturated rings. The maximum atomic E-state index is 13.4. The van der Waals surface area contributed by atoms with Gasteiger partial charge in [0.2, 0.25) is 0 Å². The molecule has 3 nitrogen and oxygen atoms in total. The fourth-order valence-corrected chi connectivity index (χ4v) is 1.97. The van der Waals surface area contributed by atoms with Crippen molar-refractivity contribution in [3.63, 3.8) is 0 Å². The molecule has 3 N–H and O–H groups in total. The van der Waals surface area contributed by atoms with E-state index in [1.54, 1.807) is 12.1 Å². The molecule has 0 bridgehead atoms. The summed E-state index contributed by atoms with van der Waals surface area (Å²) in [4.78, 5) is 0. The zero-order valence-electron chi connectivity index (χ0n) is 10.3. The highest BCUT2D eigenvalue weighted by molar-refractivity contribution is 5.68. The molecule has 0 amide bonds. The first kappa shape index (κ1) is 12.7. The molecule has 0 aliphatic rings. The van der Waals surface area contributed by atoms with Crippen LogP contribution in [-0.4, -0.2) is 16.7 Å². The van der Waals surface area contributed by atoms with Crippen molar-refractivity contribution in [2.45, 2.75) is 19.8 Å². The van der Waals surface area contributed by atoms with Crippen LogP contribution >= 0.6 is 0 Å². The van der Waals surface area contributed by atoms with Crippen LogP contribution in [0.25, 0.3) is 11.1 Å². The van der Waals surface area contributed by atoms with Gasteiger partial charge in [-0.3, -0.25) is 5.10 Å². The van der Waals surface area contributed by atoms with Crippen LogP contribution in [0.1, 0.15) is 17.0 Å². The van der Waals surface area contributed by atoms with E-state index in [1.807, 2.05) is 13.8 Å². The van der Waals surface area contributed by atoms with Crippen molar-refractivity contribution in [1.29, 1.82) is 0 Å². The molecule has 1 aromatic carbocycles. The topological polar surface area (TPSA) is 54.7 Å². The third-order valence-corrected chi connectivity index (χ3v) is 2.98. The van der Waals surface area contributed by atoms with Crippen molar-refractivity contribution in [2.75, 3.05) is 6.54 Å². The van der Waals surface area contributed by atoms with Gasteiger partial charge in [-0.05, 0) is 19.4 Å². The molecule has 0 radical (unpaired) electrons. The molecule has 0 atom stereocenters. The number of aryl methyl sites for hydroxylation is 2. The summed E-state index contributed by atoms with van der Waals surface area (Å²) >= 11 is 0. The van der Waals surface area contributed by atoms with E-state index in [1.165, 1.54) is 12.1 Å². The van der Waals surface area contributed by atoms with Crippen molar-refractivity contribution >= 4 is 0 Å². The third kappa shape index (κ3) is 2.13. The van der Waals surface area contributed by atoms with Gasteiger partial charge < -0.3 is 5.73 Å². The lowest BCUT2D eigenvalue weighted by Gasteiger charge is -2.14. The smallest absolute Gasteiger partial charge is 0.285 e. The molecule has 0 aliphatic carbocycles. The van der Waals surface area contributed by atoms with Crippen LogP contribution in [0.3, 0.4) is 0 Å². The minimum absolute atomic E-state index is 0.0625. The van der Waals surface area contributed by atoms with Crippen LogP contribution < -0.4 is 5.73 Å². The molecule has 0 spiro atoms. The predicted molar refractivity (Wildman–Crippen MR) is 66.4 cm³/mol. The van der Waals surface area contributed by atoms with Crippen molar-refractivity contribution in [1.82, 2.24) is 10.2 Å². The van der Waals surface area contributed by atoms with Crippen LogP contribution in [0.2, 0.25) is 0 Å². The average Bonchev–Trinajstić information content (AvgIpc) is 2.69. The Hall–Kier alpha value is -1.75. The lowest BCUT2D eigenvalue weighted by atomic mass is 10.0. The Morgan fingerprint density at radius 1 is 1.22 bits per heavy atom. The van der Waals surface area contributed by atoms with E-state index >= 15 is 0 Å². The molecule has 0 saturated heterocycles. The Balaban J connectivity index is 2.40. The maximum absolute atomic E-state index is 13.4. The van der Waals surface area contributed by atoms with Crippen molar-refractivity contribution < 1.29 is 8.78 Å². The van der Waals surface area contributed by atoms with Gasteiger partial charge in [0, 0.05) is 16.8 Å². The minimum atomic E-state index is -2.97. The van der Waals surface area contributed by atoms with Crippen LogP contribution in [-0.2, 0) is 5.92 Å². The van der Waals surface area contributed by atoms with Gasteiger partial charge in [-0.15, -0.1) is 0 Å². The maximum Gasteiger partial charge on any atom is 0.285 e. The molecule has 2 aromatic rings. The quantitative estimate of drug-likeness (QED) is 0.881. The molecule has 2 rings (SSSR count). The van der Waals surface area contributed by atoms with Gasteiger partial charge in [0.05, 0.1) is 12.2 Å². The molecule has 1 heterocycles. The molecule has 0 unspecified atom stereocenters. The Kier molecular flexibility index (Phi) is 3.17. The number of hydrogen-bond acceptors (Lipinski definition) is 2. The second-order valence-corrected chi connectivity index (χ2v) is 4.29. The van der Waals surface area contributed by atoms with Crippen molar-refractivity contribution in [3.05, 3.63) is 41.2 Å². The largest absolute Gasteiger partial charge is 0.325 e. The van der Waals surface area contributed by atoms with Gasteiger partial charge in [0.1, 0.15) is 0 Å². The number of H-pyrrole nitrogens is 1. The molecule has 5 heteroatoms. The van der Waals surface area contributed by atoms with Crippen LogP contribution in [0.15, 0.2) is 24.3 Å². The Bertz CT molecular complexity index is 524. The molecule has 0 saturated carbocycles. The Morgan fingerprint density at radius 2 is 1.83 bits per heavy atom. The summed E-state index contributed by atoms with van der Waals surface area (Å²) in [7, 11) is 0. The number of nitrogens with two attached hydrogens (primary N) is 1. The van der Waals surface area contributed by atoms with E-state index in [0.717, 1.165) is 22.5 Å². The third-order valence-electron chi connectivity index (χ3n) is 2.98. The number of halogens is 2. The van der Waals surface area contributed by atoms with Gasteiger partial charge in [-0.1, -0.05) is 24.3 Å². The van der Waals surface area contributed by atoms with Crippen molar-refractivity contribution in [2.24, 2.45) is 5.73 Å². The van der Waals surface area contributed by atoms with Crippen LogP contribution in [0, 0.1) is 13.8 Å². The summed E-state index contributed by atoms with van der Waals surface area (Å²) < 4.78 is 26.7. The number of nitrogens with one attached hydrogen (secondary N) is 1. The zero-order valence-corrected chi connectivity index (χ0v) is 10.3. The number of benzene rings is 1. The number of alkyl halides is 2. The summed E-state index contributed by atoms with van der Waals surface area (Å²) in [6, 6.07) is 6.16. The number of nitrogens with zero attached hydrogens (tertiary/aromatic N) is 1. The first-order valence-corrected chi connectivity index (χ1v) is 5.66. The Morgan fingerprint density at radius 3 is 2.28 bits per heavy atom. The summed E-state index contributed by atoms with van der Waals surface area (Å²) in [5.74, 6) is -2.97. The van der Waals surface area contributed by atoms with E-state index < -0.39 is 12.5 Å². The molecule has 96 valence electrons. The summed E-state index contributed by atoms with van der Waals surface area (Å²) in [5, 5.41) is 6.96.